The van der Waals surface area contributed by atoms with Crippen molar-refractivity contribution in [3.05, 3.63) is 34.3 Å². The van der Waals surface area contributed by atoms with Crippen molar-refractivity contribution in [2.24, 2.45) is 10.9 Å². The van der Waals surface area contributed by atoms with E-state index < -0.39 is 0 Å². The van der Waals surface area contributed by atoms with Gasteiger partial charge in [0.2, 0.25) is 5.91 Å². The molecule has 2 aliphatic rings. The van der Waals surface area contributed by atoms with E-state index in [1.165, 1.54) is 16.0 Å². The van der Waals surface area contributed by atoms with Crippen LogP contribution in [0, 0.1) is 5.92 Å². The fourth-order valence-electron chi connectivity index (χ4n) is 5.09. The molecule has 0 bridgehead atoms. The minimum absolute atomic E-state index is 0.0524. The molecule has 1 aliphatic heterocycles. The molecule has 2 unspecified atom stereocenters. The van der Waals surface area contributed by atoms with E-state index in [9.17, 15) is 9.90 Å². The number of carbonyl (C=O) groups is 1. The molecule has 0 saturated carbocycles. The highest BCUT2D eigenvalue weighted by molar-refractivity contribution is 7.16. The number of anilines is 1. The molecule has 1 aromatic carbocycles. The van der Waals surface area contributed by atoms with E-state index in [1.54, 1.807) is 36.7 Å². The number of H-pyrrole nitrogens is 1. The third-order valence-corrected chi connectivity index (χ3v) is 8.15. The summed E-state index contributed by atoms with van der Waals surface area (Å²) in [7, 11) is 5.29. The van der Waals surface area contributed by atoms with Gasteiger partial charge in [-0.2, -0.15) is 5.10 Å². The van der Waals surface area contributed by atoms with Gasteiger partial charge in [0.1, 0.15) is 16.9 Å². The van der Waals surface area contributed by atoms with Crippen molar-refractivity contribution >= 4 is 45.2 Å². The Kier molecular flexibility index (Phi) is 7.13. The number of methoxy groups -OCH3 is 2. The van der Waals surface area contributed by atoms with Crippen LogP contribution >= 0.6 is 11.3 Å². The minimum atomic E-state index is -0.115. The van der Waals surface area contributed by atoms with E-state index >= 15 is 0 Å². The summed E-state index contributed by atoms with van der Waals surface area (Å²) in [6, 6.07) is 3.99. The maximum Gasteiger partial charge on any atom is 0.226 e. The molecular formula is C25H32N6O4S. The Morgan fingerprint density at radius 3 is 3.00 bits per heavy atom. The second kappa shape index (κ2) is 10.5. The molecule has 36 heavy (non-hydrogen) atoms. The number of amides is 1. The number of nitrogens with zero attached hydrogens (tertiary/aromatic N) is 4. The summed E-state index contributed by atoms with van der Waals surface area (Å²) < 4.78 is 10.8. The van der Waals surface area contributed by atoms with E-state index in [4.69, 9.17) is 14.5 Å². The molecule has 3 N–H and O–H groups in total. The van der Waals surface area contributed by atoms with Gasteiger partial charge in [0.05, 0.1) is 44.1 Å². The predicted octanol–water partition coefficient (Wildman–Crippen LogP) is 2.92. The van der Waals surface area contributed by atoms with Crippen molar-refractivity contribution in [2.45, 2.75) is 25.4 Å². The summed E-state index contributed by atoms with van der Waals surface area (Å²) in [6.07, 6.45) is 5.81. The predicted molar refractivity (Wildman–Crippen MR) is 140 cm³/mol. The monoisotopic (exact) mass is 512 g/mol. The summed E-state index contributed by atoms with van der Waals surface area (Å²) >= 11 is 1.68. The average Bonchev–Trinajstić information content (AvgIpc) is 3.50. The zero-order valence-electron chi connectivity index (χ0n) is 20.8. The lowest BCUT2D eigenvalue weighted by Crippen LogP contribution is -2.41. The molecule has 2 atom stereocenters. The summed E-state index contributed by atoms with van der Waals surface area (Å²) in [6.45, 7) is 1.23. The smallest absolute Gasteiger partial charge is 0.226 e. The molecule has 5 rings (SSSR count). The van der Waals surface area contributed by atoms with E-state index in [1.807, 2.05) is 25.5 Å². The van der Waals surface area contributed by atoms with Crippen LogP contribution in [0.15, 0.2) is 23.3 Å². The van der Waals surface area contributed by atoms with Crippen LogP contribution in [-0.4, -0.2) is 84.9 Å². The lowest BCUT2D eigenvalue weighted by molar-refractivity contribution is -0.137. The Morgan fingerprint density at radius 1 is 1.36 bits per heavy atom. The van der Waals surface area contributed by atoms with Crippen molar-refractivity contribution in [3.63, 3.8) is 0 Å². The second-order valence-electron chi connectivity index (χ2n) is 9.17. The highest BCUT2D eigenvalue weighted by Gasteiger charge is 2.36. The number of aromatic amines is 1. The number of rotatable bonds is 9. The number of fused-ring (bicyclic) bond motifs is 4. The fourth-order valence-corrected chi connectivity index (χ4v) is 6.38. The molecular weight excluding hydrogens is 480 g/mol. The Morgan fingerprint density at radius 2 is 2.22 bits per heavy atom. The van der Waals surface area contributed by atoms with Gasteiger partial charge in [-0.05, 0) is 30.9 Å². The summed E-state index contributed by atoms with van der Waals surface area (Å²) in [5.41, 5.74) is 4.26. The number of hydrogen-bond donors (Lipinski definition) is 3. The molecule has 10 nitrogen and oxygen atoms in total. The van der Waals surface area contributed by atoms with Gasteiger partial charge in [0.25, 0.3) is 0 Å². The van der Waals surface area contributed by atoms with Crippen LogP contribution in [0.25, 0.3) is 10.9 Å². The third-order valence-electron chi connectivity index (χ3n) is 6.97. The number of aliphatic hydroxyl groups is 1. The Hall–Kier alpha value is -3.15. The van der Waals surface area contributed by atoms with E-state index in [-0.39, 0.29) is 24.6 Å². The van der Waals surface area contributed by atoms with E-state index in [2.05, 4.69) is 20.4 Å². The quantitative estimate of drug-likeness (QED) is 0.404. The maximum atomic E-state index is 13.3. The molecule has 192 valence electrons. The number of hydrogen-bond acceptors (Lipinski definition) is 9. The molecule has 3 heterocycles. The normalized spacial score (nSPS) is 18.7. The maximum absolute atomic E-state index is 13.3. The number of benzene rings is 1. The standard InChI is InChI=1S/C25H32N6O4S/c1-30-14-26-24-22(23(30)28-19-10-16-13-27-29-18(16)12-20(19)35-3)17-5-4-15(11-21(17)36-24)25(33)31(6-8-32)7-9-34-2/h10,12-15,23,28,32H,4-9,11H2,1-3H3,(H,27,29). The number of aliphatic hydroxyl groups excluding tert-OH is 1. The van der Waals surface area contributed by atoms with Crippen LogP contribution in [0.5, 0.6) is 5.75 Å². The minimum Gasteiger partial charge on any atom is -0.495 e. The average molecular weight is 513 g/mol. The molecule has 1 aliphatic carbocycles. The Balaban J connectivity index is 1.41. The van der Waals surface area contributed by atoms with Gasteiger partial charge in [-0.25, -0.2) is 4.99 Å². The van der Waals surface area contributed by atoms with Crippen molar-refractivity contribution < 1.29 is 19.4 Å². The zero-order valence-corrected chi connectivity index (χ0v) is 21.6. The van der Waals surface area contributed by atoms with Crippen LogP contribution in [0.1, 0.15) is 28.6 Å². The number of aliphatic imine (C=N–C) groups is 1. The first kappa shape index (κ1) is 24.5. The van der Waals surface area contributed by atoms with Gasteiger partial charge in [-0.3, -0.25) is 9.89 Å². The third kappa shape index (κ3) is 4.54. The summed E-state index contributed by atoms with van der Waals surface area (Å²) in [5.74, 6) is 0.725. The first-order chi connectivity index (χ1) is 17.5. The topological polar surface area (TPSA) is 115 Å². The van der Waals surface area contributed by atoms with E-state index in [0.29, 0.717) is 26.1 Å². The van der Waals surface area contributed by atoms with Crippen LogP contribution < -0.4 is 10.1 Å². The molecule has 0 spiro atoms. The Bertz CT molecular complexity index is 1270. The zero-order chi connectivity index (χ0) is 25.2. The highest BCUT2D eigenvalue weighted by atomic mass is 32.1. The fraction of sp³-hybridized carbons (Fsp3) is 0.480. The second-order valence-corrected chi connectivity index (χ2v) is 10.3. The van der Waals surface area contributed by atoms with Crippen molar-refractivity contribution in [2.75, 3.05) is 52.9 Å². The molecule has 0 fully saturated rings. The summed E-state index contributed by atoms with van der Waals surface area (Å²) in [5, 5.41) is 22.2. The van der Waals surface area contributed by atoms with Gasteiger partial charge in [0, 0.05) is 55.1 Å². The molecule has 0 saturated heterocycles. The number of ether oxygens (including phenoxy) is 2. The van der Waals surface area contributed by atoms with Crippen molar-refractivity contribution in [3.8, 4) is 5.75 Å². The molecule has 11 heteroatoms. The lowest BCUT2D eigenvalue weighted by Gasteiger charge is -2.33. The Labute approximate surface area is 213 Å². The van der Waals surface area contributed by atoms with E-state index in [0.717, 1.165) is 40.2 Å². The van der Waals surface area contributed by atoms with Gasteiger partial charge >= 0.3 is 0 Å². The number of carbonyl (C=O) groups excluding carboxylic acids is 1. The largest absolute Gasteiger partial charge is 0.495 e. The highest BCUT2D eigenvalue weighted by Crippen LogP contribution is 2.47. The van der Waals surface area contributed by atoms with Gasteiger partial charge in [-0.15, -0.1) is 11.3 Å². The van der Waals surface area contributed by atoms with Gasteiger partial charge in [0.15, 0.2) is 0 Å². The van der Waals surface area contributed by atoms with Crippen LogP contribution in [0.2, 0.25) is 0 Å². The first-order valence-corrected chi connectivity index (χ1v) is 12.9. The first-order valence-electron chi connectivity index (χ1n) is 12.1. The van der Waals surface area contributed by atoms with Crippen LogP contribution in [-0.2, 0) is 22.4 Å². The van der Waals surface area contributed by atoms with Crippen LogP contribution in [0.4, 0.5) is 10.7 Å². The lowest BCUT2D eigenvalue weighted by atomic mass is 9.85. The molecule has 2 aromatic heterocycles. The SMILES string of the molecule is COCCN(CCO)C(=O)C1CCc2c(sc3c2C(Nc2cc4cn[nH]c4cc2OC)N(C)C=N3)C1. The van der Waals surface area contributed by atoms with Crippen molar-refractivity contribution in [1.29, 1.82) is 0 Å². The summed E-state index contributed by atoms with van der Waals surface area (Å²) in [4.78, 5) is 23.0. The molecule has 1 amide bonds. The van der Waals surface area contributed by atoms with Crippen molar-refractivity contribution in [1.82, 2.24) is 20.0 Å². The number of aromatic nitrogens is 2. The van der Waals surface area contributed by atoms with Gasteiger partial charge < -0.3 is 29.7 Å². The molecule has 3 aromatic rings. The molecule has 0 radical (unpaired) electrons. The number of nitrogens with one attached hydrogen (secondary N) is 2. The van der Waals surface area contributed by atoms with Gasteiger partial charge in [-0.1, -0.05) is 0 Å². The number of thiophene rings is 1. The van der Waals surface area contributed by atoms with Crippen LogP contribution in [0.3, 0.4) is 0 Å².